The molecule has 3 rings (SSSR count). The molecule has 138 valence electrons. The number of nitrogens with one attached hydrogen (secondary N) is 1. The van der Waals surface area contributed by atoms with Crippen molar-refractivity contribution in [1.82, 2.24) is 0 Å². The van der Waals surface area contributed by atoms with Crippen LogP contribution in [-0.2, 0) is 6.61 Å². The topological polar surface area (TPSA) is 47.6 Å². The van der Waals surface area contributed by atoms with Crippen LogP contribution in [0.2, 0.25) is 5.02 Å². The van der Waals surface area contributed by atoms with Crippen LogP contribution in [0, 0.1) is 6.92 Å². The van der Waals surface area contributed by atoms with Crippen LogP contribution in [0.25, 0.3) is 0 Å². The predicted octanol–water partition coefficient (Wildman–Crippen LogP) is 5.49. The molecule has 0 bridgehead atoms. The van der Waals surface area contributed by atoms with E-state index >= 15 is 0 Å². The van der Waals surface area contributed by atoms with Crippen LogP contribution in [-0.4, -0.2) is 13.0 Å². The van der Waals surface area contributed by atoms with Crippen molar-refractivity contribution in [2.24, 2.45) is 0 Å². The minimum absolute atomic E-state index is 0.207. The van der Waals surface area contributed by atoms with Gasteiger partial charge in [0.25, 0.3) is 5.91 Å². The van der Waals surface area contributed by atoms with Crippen LogP contribution < -0.4 is 14.8 Å². The van der Waals surface area contributed by atoms with Crippen molar-refractivity contribution in [2.75, 3.05) is 12.4 Å². The van der Waals surface area contributed by atoms with Crippen molar-refractivity contribution in [3.05, 3.63) is 88.4 Å². The maximum atomic E-state index is 12.5. The molecule has 0 spiro atoms. The minimum Gasteiger partial charge on any atom is -0.493 e. The average Bonchev–Trinajstić information content (AvgIpc) is 2.69. The molecular weight excluding hydrogens is 362 g/mol. The summed E-state index contributed by atoms with van der Waals surface area (Å²) in [6.45, 7) is 2.38. The number of benzene rings is 3. The fraction of sp³-hybridized carbons (Fsp3) is 0.136. The molecule has 3 aromatic carbocycles. The monoisotopic (exact) mass is 381 g/mol. The Bertz CT molecular complexity index is 921. The van der Waals surface area contributed by atoms with E-state index in [9.17, 15) is 4.79 Å². The van der Waals surface area contributed by atoms with Crippen molar-refractivity contribution in [1.29, 1.82) is 0 Å². The molecule has 1 N–H and O–H groups in total. The second-order valence-electron chi connectivity index (χ2n) is 6.10. The number of halogens is 1. The molecule has 0 aliphatic rings. The highest BCUT2D eigenvalue weighted by atomic mass is 35.5. The lowest BCUT2D eigenvalue weighted by molar-refractivity contribution is 0.102. The number of anilines is 1. The fourth-order valence-electron chi connectivity index (χ4n) is 2.51. The summed E-state index contributed by atoms with van der Waals surface area (Å²) in [4.78, 5) is 12.5. The molecule has 0 heterocycles. The van der Waals surface area contributed by atoms with Crippen LogP contribution in [0.5, 0.6) is 11.5 Å². The zero-order chi connectivity index (χ0) is 19.2. The molecule has 0 aliphatic carbocycles. The Morgan fingerprint density at radius 2 is 1.67 bits per heavy atom. The van der Waals surface area contributed by atoms with Gasteiger partial charge in [0.1, 0.15) is 6.61 Å². The summed E-state index contributed by atoms with van der Waals surface area (Å²) in [6.07, 6.45) is 0. The second kappa shape index (κ2) is 8.60. The first kappa shape index (κ1) is 18.8. The molecule has 0 saturated carbocycles. The smallest absolute Gasteiger partial charge is 0.255 e. The molecule has 0 atom stereocenters. The third-order valence-electron chi connectivity index (χ3n) is 4.04. The molecule has 4 nitrogen and oxygen atoms in total. The molecule has 0 fully saturated rings. The van der Waals surface area contributed by atoms with Crippen molar-refractivity contribution in [3.8, 4) is 11.5 Å². The molecule has 27 heavy (non-hydrogen) atoms. The zero-order valence-electron chi connectivity index (χ0n) is 15.2. The lowest BCUT2D eigenvalue weighted by Crippen LogP contribution is -2.12. The summed E-state index contributed by atoms with van der Waals surface area (Å²) in [5.74, 6) is 0.862. The SMILES string of the molecule is COc1cc(C(=O)Nc2ccc(C)cc2)ccc1OCc1ccc(Cl)cc1. The number of ether oxygens (including phenoxy) is 2. The van der Waals surface area contributed by atoms with Gasteiger partial charge in [0, 0.05) is 16.3 Å². The maximum Gasteiger partial charge on any atom is 0.255 e. The highest BCUT2D eigenvalue weighted by molar-refractivity contribution is 6.30. The summed E-state index contributed by atoms with van der Waals surface area (Å²) >= 11 is 5.89. The number of amides is 1. The first-order chi connectivity index (χ1) is 13.0. The lowest BCUT2D eigenvalue weighted by Gasteiger charge is -2.12. The first-order valence-electron chi connectivity index (χ1n) is 8.48. The standard InChI is InChI=1S/C22H20ClNO3/c1-15-3-10-19(11-4-15)24-22(25)17-7-12-20(21(13-17)26-2)27-14-16-5-8-18(23)9-6-16/h3-13H,14H2,1-2H3,(H,24,25). The van der Waals surface area contributed by atoms with E-state index in [0.29, 0.717) is 28.7 Å². The Balaban J connectivity index is 1.70. The van der Waals surface area contributed by atoms with Gasteiger partial charge in [0.05, 0.1) is 7.11 Å². The number of aryl methyl sites for hydroxylation is 1. The Kier molecular flexibility index (Phi) is 5.99. The number of carbonyl (C=O) groups is 1. The Labute approximate surface area is 163 Å². The van der Waals surface area contributed by atoms with E-state index in [-0.39, 0.29) is 5.91 Å². The first-order valence-corrected chi connectivity index (χ1v) is 8.86. The van der Waals surface area contributed by atoms with Crippen molar-refractivity contribution >= 4 is 23.2 Å². The van der Waals surface area contributed by atoms with Gasteiger partial charge in [-0.2, -0.15) is 0 Å². The van der Waals surface area contributed by atoms with E-state index in [1.54, 1.807) is 25.3 Å². The van der Waals surface area contributed by atoms with E-state index in [0.717, 1.165) is 16.8 Å². The number of hydrogen-bond acceptors (Lipinski definition) is 3. The van der Waals surface area contributed by atoms with Gasteiger partial charge in [-0.15, -0.1) is 0 Å². The van der Waals surface area contributed by atoms with Crippen LogP contribution in [0.1, 0.15) is 21.5 Å². The maximum absolute atomic E-state index is 12.5. The second-order valence-corrected chi connectivity index (χ2v) is 6.54. The highest BCUT2D eigenvalue weighted by Gasteiger charge is 2.12. The normalized spacial score (nSPS) is 10.3. The molecule has 0 saturated heterocycles. The van der Waals surface area contributed by atoms with Crippen molar-refractivity contribution in [3.63, 3.8) is 0 Å². The largest absolute Gasteiger partial charge is 0.493 e. The minimum atomic E-state index is -0.207. The lowest BCUT2D eigenvalue weighted by atomic mass is 10.1. The number of rotatable bonds is 6. The van der Waals surface area contributed by atoms with E-state index < -0.39 is 0 Å². The highest BCUT2D eigenvalue weighted by Crippen LogP contribution is 2.29. The molecule has 0 aliphatic heterocycles. The quantitative estimate of drug-likeness (QED) is 0.614. The van der Waals surface area contributed by atoms with Gasteiger partial charge < -0.3 is 14.8 Å². The van der Waals surface area contributed by atoms with Gasteiger partial charge in [-0.05, 0) is 55.0 Å². The summed E-state index contributed by atoms with van der Waals surface area (Å²) in [5.41, 5.74) is 3.36. The van der Waals surface area contributed by atoms with E-state index in [2.05, 4.69) is 5.32 Å². The predicted molar refractivity (Wildman–Crippen MR) is 108 cm³/mol. The average molecular weight is 382 g/mol. The van der Waals surface area contributed by atoms with Crippen LogP contribution in [0.3, 0.4) is 0 Å². The number of methoxy groups -OCH3 is 1. The van der Waals surface area contributed by atoms with Crippen molar-refractivity contribution < 1.29 is 14.3 Å². The van der Waals surface area contributed by atoms with E-state index in [1.165, 1.54) is 0 Å². The summed E-state index contributed by atoms with van der Waals surface area (Å²) in [6, 6.07) is 20.2. The molecule has 0 unspecified atom stereocenters. The molecule has 0 aromatic heterocycles. The van der Waals surface area contributed by atoms with Gasteiger partial charge in [-0.1, -0.05) is 41.4 Å². The van der Waals surface area contributed by atoms with E-state index in [4.69, 9.17) is 21.1 Å². The Morgan fingerprint density at radius 1 is 0.963 bits per heavy atom. The Hall–Kier alpha value is -2.98. The molecular formula is C22H20ClNO3. The van der Waals surface area contributed by atoms with Gasteiger partial charge >= 0.3 is 0 Å². The van der Waals surface area contributed by atoms with E-state index in [1.807, 2.05) is 55.5 Å². The van der Waals surface area contributed by atoms with Gasteiger partial charge in [0.15, 0.2) is 11.5 Å². The van der Waals surface area contributed by atoms with Gasteiger partial charge in [-0.25, -0.2) is 0 Å². The van der Waals surface area contributed by atoms with Crippen LogP contribution in [0.15, 0.2) is 66.7 Å². The fourth-order valence-corrected chi connectivity index (χ4v) is 2.64. The van der Waals surface area contributed by atoms with Gasteiger partial charge in [-0.3, -0.25) is 4.79 Å². The Morgan fingerprint density at radius 3 is 2.33 bits per heavy atom. The number of carbonyl (C=O) groups excluding carboxylic acids is 1. The molecule has 3 aromatic rings. The van der Waals surface area contributed by atoms with Crippen molar-refractivity contribution in [2.45, 2.75) is 13.5 Å². The third kappa shape index (κ3) is 5.02. The van der Waals surface area contributed by atoms with Crippen LogP contribution in [0.4, 0.5) is 5.69 Å². The summed E-state index contributed by atoms with van der Waals surface area (Å²) in [5, 5.41) is 3.55. The van der Waals surface area contributed by atoms with Crippen LogP contribution >= 0.6 is 11.6 Å². The number of hydrogen-bond donors (Lipinski definition) is 1. The molecule has 5 heteroatoms. The van der Waals surface area contributed by atoms with Gasteiger partial charge in [0.2, 0.25) is 0 Å². The molecule has 1 amide bonds. The zero-order valence-corrected chi connectivity index (χ0v) is 15.9. The summed E-state index contributed by atoms with van der Waals surface area (Å²) < 4.78 is 11.2. The summed E-state index contributed by atoms with van der Waals surface area (Å²) in [7, 11) is 1.55. The third-order valence-corrected chi connectivity index (χ3v) is 4.29. The molecule has 0 radical (unpaired) electrons.